The Balaban J connectivity index is 1.34. The quantitative estimate of drug-likeness (QED) is 0.520. The topological polar surface area (TPSA) is 91.9 Å². The maximum absolute atomic E-state index is 12.1. The van der Waals surface area contributed by atoms with E-state index in [0.717, 1.165) is 22.3 Å². The van der Waals surface area contributed by atoms with E-state index in [0.29, 0.717) is 4.67 Å². The van der Waals surface area contributed by atoms with Gasteiger partial charge >= 0.3 is 6.09 Å². The van der Waals surface area contributed by atoms with Crippen molar-refractivity contribution < 1.29 is 24.2 Å². The monoisotopic (exact) mass is 457 g/mol. The minimum Gasteiger partial charge on any atom is -0.451 e. The maximum Gasteiger partial charge on any atom is 0.407 e. The summed E-state index contributed by atoms with van der Waals surface area (Å²) < 4.78 is 11.1. The largest absolute Gasteiger partial charge is 0.451 e. The molecule has 3 aromatic rings. The summed E-state index contributed by atoms with van der Waals surface area (Å²) in [6.07, 6.45) is -3.14. The standard InChI is InChI=1S/C22H20BrNO5/c23-20-10-9-19(29-20)21(26)18(25)11-24-22(27)28-12-17-15-7-3-1-5-13(15)14-6-2-4-8-16(14)17/h1-10,17-18,21,25-26H,11-12H2,(H,24,27). The molecule has 4 rings (SSSR count). The Morgan fingerprint density at radius 2 is 1.66 bits per heavy atom. The summed E-state index contributed by atoms with van der Waals surface area (Å²) in [5.41, 5.74) is 4.56. The van der Waals surface area contributed by atoms with E-state index in [1.165, 1.54) is 0 Å². The molecular formula is C22H20BrNO5. The number of carbonyl (C=O) groups is 1. The number of carbonyl (C=O) groups excluding carboxylic acids is 1. The zero-order valence-electron chi connectivity index (χ0n) is 15.4. The Kier molecular flexibility index (Phi) is 5.71. The van der Waals surface area contributed by atoms with Gasteiger partial charge in [-0.25, -0.2) is 4.79 Å². The van der Waals surface area contributed by atoms with Crippen LogP contribution in [-0.4, -0.2) is 35.6 Å². The smallest absolute Gasteiger partial charge is 0.407 e. The first-order chi connectivity index (χ1) is 14.0. The van der Waals surface area contributed by atoms with Crippen molar-refractivity contribution in [3.05, 3.63) is 82.2 Å². The van der Waals surface area contributed by atoms with Gasteiger partial charge in [0.2, 0.25) is 0 Å². The number of hydrogen-bond acceptors (Lipinski definition) is 5. The van der Waals surface area contributed by atoms with Crippen molar-refractivity contribution in [1.29, 1.82) is 0 Å². The van der Waals surface area contributed by atoms with E-state index in [2.05, 4.69) is 33.4 Å². The third-order valence-corrected chi connectivity index (χ3v) is 5.48. The van der Waals surface area contributed by atoms with Crippen LogP contribution in [-0.2, 0) is 4.74 Å². The maximum atomic E-state index is 12.1. The van der Waals surface area contributed by atoms with Gasteiger partial charge in [0.05, 0.1) is 0 Å². The van der Waals surface area contributed by atoms with Gasteiger partial charge in [-0.2, -0.15) is 0 Å². The third kappa shape index (κ3) is 4.07. The second-order valence-electron chi connectivity index (χ2n) is 6.86. The van der Waals surface area contributed by atoms with Gasteiger partial charge in [-0.15, -0.1) is 0 Å². The molecule has 0 saturated carbocycles. The predicted molar refractivity (Wildman–Crippen MR) is 110 cm³/mol. The lowest BCUT2D eigenvalue weighted by Crippen LogP contribution is -2.36. The highest BCUT2D eigenvalue weighted by Crippen LogP contribution is 2.44. The molecule has 0 radical (unpaired) electrons. The molecule has 7 heteroatoms. The molecule has 1 aliphatic rings. The van der Waals surface area contributed by atoms with Crippen molar-refractivity contribution in [2.24, 2.45) is 0 Å². The predicted octanol–water partition coefficient (Wildman–Crippen LogP) is 3.98. The van der Waals surface area contributed by atoms with E-state index in [1.807, 2.05) is 36.4 Å². The summed E-state index contributed by atoms with van der Waals surface area (Å²) in [5.74, 6) is 0.169. The Labute approximate surface area is 176 Å². The molecule has 2 unspecified atom stereocenters. The van der Waals surface area contributed by atoms with Crippen molar-refractivity contribution in [3.63, 3.8) is 0 Å². The summed E-state index contributed by atoms with van der Waals surface area (Å²) >= 11 is 3.14. The van der Waals surface area contributed by atoms with Crippen molar-refractivity contribution in [2.75, 3.05) is 13.2 Å². The molecule has 0 bridgehead atoms. The molecule has 0 fully saturated rings. The molecular weight excluding hydrogens is 438 g/mol. The summed E-state index contributed by atoms with van der Waals surface area (Å²) in [6.45, 7) is 0.0137. The van der Waals surface area contributed by atoms with Crippen LogP contribution in [0.5, 0.6) is 0 Å². The van der Waals surface area contributed by atoms with Crippen molar-refractivity contribution in [2.45, 2.75) is 18.1 Å². The summed E-state index contributed by atoms with van der Waals surface area (Å²) in [4.78, 5) is 12.1. The number of amides is 1. The Morgan fingerprint density at radius 3 is 2.24 bits per heavy atom. The number of aliphatic hydroxyl groups excluding tert-OH is 2. The van der Waals surface area contributed by atoms with Crippen molar-refractivity contribution in [1.82, 2.24) is 5.32 Å². The fourth-order valence-electron chi connectivity index (χ4n) is 3.63. The van der Waals surface area contributed by atoms with Crippen molar-refractivity contribution in [3.8, 4) is 11.1 Å². The number of rotatable bonds is 6. The summed E-state index contributed by atoms with van der Waals surface area (Å²) in [7, 11) is 0. The Hall–Kier alpha value is -2.61. The number of ether oxygens (including phenoxy) is 1. The van der Waals surface area contributed by atoms with Gasteiger partial charge in [0.15, 0.2) is 4.67 Å². The van der Waals surface area contributed by atoms with Gasteiger partial charge in [-0.05, 0) is 50.3 Å². The molecule has 1 aliphatic carbocycles. The molecule has 1 heterocycles. The van der Waals surface area contributed by atoms with Crippen LogP contribution < -0.4 is 5.32 Å². The number of furan rings is 1. The Morgan fingerprint density at radius 1 is 1.03 bits per heavy atom. The van der Waals surface area contributed by atoms with E-state index in [9.17, 15) is 15.0 Å². The third-order valence-electron chi connectivity index (χ3n) is 5.05. The Bertz CT molecular complexity index is 972. The second kappa shape index (κ2) is 8.41. The molecule has 0 saturated heterocycles. The first-order valence-electron chi connectivity index (χ1n) is 9.25. The van der Waals surface area contributed by atoms with E-state index in [4.69, 9.17) is 9.15 Å². The first-order valence-corrected chi connectivity index (χ1v) is 10.0. The molecule has 2 aromatic carbocycles. The van der Waals surface area contributed by atoms with Crippen LogP contribution >= 0.6 is 15.9 Å². The zero-order chi connectivity index (χ0) is 20.4. The summed E-state index contributed by atoms with van der Waals surface area (Å²) in [6, 6.07) is 19.3. The van der Waals surface area contributed by atoms with Crippen molar-refractivity contribution >= 4 is 22.0 Å². The van der Waals surface area contributed by atoms with E-state index in [1.54, 1.807) is 12.1 Å². The summed E-state index contributed by atoms with van der Waals surface area (Å²) in [5, 5.41) is 22.6. The van der Waals surface area contributed by atoms with Crippen LogP contribution in [0.3, 0.4) is 0 Å². The average molecular weight is 458 g/mol. The first kappa shape index (κ1) is 19.7. The van der Waals surface area contributed by atoms with Crippen LogP contribution in [0.15, 0.2) is 69.8 Å². The molecule has 29 heavy (non-hydrogen) atoms. The van der Waals surface area contributed by atoms with Gasteiger partial charge in [0.25, 0.3) is 0 Å². The van der Waals surface area contributed by atoms with Gasteiger partial charge in [-0.1, -0.05) is 48.5 Å². The molecule has 1 aromatic heterocycles. The molecule has 150 valence electrons. The van der Waals surface area contributed by atoms with Gasteiger partial charge in [0, 0.05) is 12.5 Å². The number of hydrogen-bond donors (Lipinski definition) is 3. The zero-order valence-corrected chi connectivity index (χ0v) is 17.0. The normalized spacial score (nSPS) is 14.7. The highest BCUT2D eigenvalue weighted by atomic mass is 79.9. The van der Waals surface area contributed by atoms with Crippen LogP contribution in [0.1, 0.15) is 28.9 Å². The lowest BCUT2D eigenvalue weighted by molar-refractivity contribution is 0.00562. The number of aliphatic hydroxyl groups is 2. The molecule has 0 aliphatic heterocycles. The van der Waals surface area contributed by atoms with Crippen LogP contribution in [0.25, 0.3) is 11.1 Å². The molecule has 2 atom stereocenters. The van der Waals surface area contributed by atoms with Crippen LogP contribution in [0.2, 0.25) is 0 Å². The molecule has 1 amide bonds. The van der Waals surface area contributed by atoms with Crippen LogP contribution in [0, 0.1) is 0 Å². The number of fused-ring (bicyclic) bond motifs is 3. The van der Waals surface area contributed by atoms with Gasteiger partial charge in [0.1, 0.15) is 24.6 Å². The number of alkyl carbamates (subject to hydrolysis) is 1. The number of benzene rings is 2. The van der Waals surface area contributed by atoms with Gasteiger partial charge in [-0.3, -0.25) is 0 Å². The minimum atomic E-state index is -1.25. The average Bonchev–Trinajstić information content (AvgIpc) is 3.31. The number of halogens is 1. The molecule has 3 N–H and O–H groups in total. The number of nitrogens with one attached hydrogen (secondary N) is 1. The second-order valence-corrected chi connectivity index (χ2v) is 7.64. The highest BCUT2D eigenvalue weighted by Gasteiger charge is 2.29. The minimum absolute atomic E-state index is 0.0378. The molecule has 0 spiro atoms. The fraction of sp³-hybridized carbons (Fsp3) is 0.227. The van der Waals surface area contributed by atoms with Crippen LogP contribution in [0.4, 0.5) is 4.79 Å². The highest BCUT2D eigenvalue weighted by molar-refractivity contribution is 9.10. The lowest BCUT2D eigenvalue weighted by atomic mass is 9.98. The fourth-order valence-corrected chi connectivity index (χ4v) is 3.94. The SMILES string of the molecule is O=C(NCC(O)C(O)c1ccc(Br)o1)OCC1c2ccccc2-c2ccccc21. The van der Waals surface area contributed by atoms with E-state index < -0.39 is 18.3 Å². The van der Waals surface area contributed by atoms with Gasteiger partial charge < -0.3 is 24.7 Å². The lowest BCUT2D eigenvalue weighted by Gasteiger charge is -2.18. The van der Waals surface area contributed by atoms with E-state index in [-0.39, 0.29) is 24.8 Å². The molecule has 6 nitrogen and oxygen atoms in total. The van der Waals surface area contributed by atoms with E-state index >= 15 is 0 Å².